The summed E-state index contributed by atoms with van der Waals surface area (Å²) in [5.41, 5.74) is -1.64. The van der Waals surface area contributed by atoms with Crippen molar-refractivity contribution in [1.82, 2.24) is 0 Å². The van der Waals surface area contributed by atoms with Crippen LogP contribution in [0.4, 0.5) is 0 Å². The fourth-order valence-corrected chi connectivity index (χ4v) is 7.25. The van der Waals surface area contributed by atoms with Crippen molar-refractivity contribution >= 4 is 23.8 Å². The molecular weight excluding hydrogens is 372 g/mol. The number of esters is 1. The van der Waals surface area contributed by atoms with Crippen LogP contribution >= 0.6 is 0 Å². The molecule has 4 aliphatic carbocycles. The Bertz CT molecular complexity index is 799. The van der Waals surface area contributed by atoms with Gasteiger partial charge in [0.25, 0.3) is 0 Å². The lowest BCUT2D eigenvalue weighted by Crippen LogP contribution is -2.58. The monoisotopic (exact) mass is 402 g/mol. The molecule has 3 saturated carbocycles. The maximum absolute atomic E-state index is 12.8. The first-order valence-corrected chi connectivity index (χ1v) is 10.8. The van der Waals surface area contributed by atoms with Crippen LogP contribution < -0.4 is 0 Å². The highest BCUT2D eigenvalue weighted by Gasteiger charge is 2.66. The average Bonchev–Trinajstić information content (AvgIpc) is 2.98. The highest BCUT2D eigenvalue weighted by atomic mass is 16.5. The van der Waals surface area contributed by atoms with Gasteiger partial charge in [-0.2, -0.15) is 0 Å². The zero-order valence-electron chi connectivity index (χ0n) is 17.2. The molecule has 4 aliphatic rings. The van der Waals surface area contributed by atoms with Crippen LogP contribution in [0.15, 0.2) is 11.6 Å². The van der Waals surface area contributed by atoms with Crippen molar-refractivity contribution in [3.05, 3.63) is 11.6 Å². The van der Waals surface area contributed by atoms with Gasteiger partial charge in [0, 0.05) is 18.8 Å². The van der Waals surface area contributed by atoms with Crippen molar-refractivity contribution in [3.63, 3.8) is 0 Å². The zero-order valence-corrected chi connectivity index (χ0v) is 17.2. The van der Waals surface area contributed by atoms with E-state index in [9.17, 15) is 24.3 Å². The molecule has 0 spiro atoms. The Hall–Kier alpha value is -1.82. The molecule has 0 aliphatic heterocycles. The van der Waals surface area contributed by atoms with Crippen molar-refractivity contribution in [2.75, 3.05) is 6.61 Å². The molecule has 0 aromatic rings. The number of allylic oxidation sites excluding steroid dienone is 1. The van der Waals surface area contributed by atoms with Crippen LogP contribution in [0.5, 0.6) is 0 Å². The van der Waals surface area contributed by atoms with E-state index in [0.29, 0.717) is 25.7 Å². The van der Waals surface area contributed by atoms with Crippen molar-refractivity contribution in [1.29, 1.82) is 0 Å². The molecule has 0 saturated heterocycles. The summed E-state index contributed by atoms with van der Waals surface area (Å²) in [6, 6.07) is 0. The average molecular weight is 402 g/mol. The molecule has 0 aromatic carbocycles. The van der Waals surface area contributed by atoms with Gasteiger partial charge in [0.15, 0.2) is 12.4 Å². The third-order valence-electron chi connectivity index (χ3n) is 8.79. The normalized spacial score (nSPS) is 43.5. The number of hydrogen-bond donors (Lipinski definition) is 1. The van der Waals surface area contributed by atoms with Crippen LogP contribution in [0.3, 0.4) is 0 Å². The lowest BCUT2D eigenvalue weighted by Gasteiger charge is -2.58. The summed E-state index contributed by atoms with van der Waals surface area (Å²) in [5.74, 6) is -0.277. The second kappa shape index (κ2) is 6.86. The van der Waals surface area contributed by atoms with Gasteiger partial charge in [0.2, 0.25) is 5.78 Å². The van der Waals surface area contributed by atoms with Gasteiger partial charge in [-0.3, -0.25) is 14.4 Å². The topological polar surface area (TPSA) is 97.7 Å². The minimum atomic E-state index is -1.49. The number of rotatable bonds is 4. The molecule has 3 fully saturated rings. The van der Waals surface area contributed by atoms with Gasteiger partial charge < -0.3 is 14.6 Å². The number of carbonyl (C=O) groups is 4. The lowest BCUT2D eigenvalue weighted by atomic mass is 9.46. The Labute approximate surface area is 171 Å². The second-order valence-electron chi connectivity index (χ2n) is 9.77. The molecule has 0 unspecified atom stereocenters. The van der Waals surface area contributed by atoms with E-state index in [4.69, 9.17) is 4.74 Å². The summed E-state index contributed by atoms with van der Waals surface area (Å²) in [6.45, 7) is 2.86. The summed E-state index contributed by atoms with van der Waals surface area (Å²) in [5, 5.41) is 11.4. The molecule has 4 rings (SSSR count). The smallest absolute Gasteiger partial charge is 0.303 e. The maximum Gasteiger partial charge on any atom is 0.303 e. The van der Waals surface area contributed by atoms with Gasteiger partial charge in [-0.1, -0.05) is 12.5 Å². The number of carbonyl (C=O) groups excluding carboxylic acids is 4. The van der Waals surface area contributed by atoms with Crippen molar-refractivity contribution < 1.29 is 29.0 Å². The van der Waals surface area contributed by atoms with Crippen LogP contribution in [0, 0.1) is 28.6 Å². The standard InChI is InChI=1S/C23H30O6/c1-14(25)29-12-20(27)23(28)10-7-18-17-4-3-15-11-16(26)5-9-22(15,13-24)19(17)6-8-21(18,23)2/h11,13,17-19,28H,3-10,12H2,1-2H3/t17-,18-,19-,21-,22-,23-/m0/s1. The Kier molecular flexibility index (Phi) is 4.84. The number of aliphatic hydroxyl groups is 1. The van der Waals surface area contributed by atoms with E-state index >= 15 is 0 Å². The van der Waals surface area contributed by atoms with Crippen molar-refractivity contribution in [3.8, 4) is 0 Å². The van der Waals surface area contributed by atoms with Gasteiger partial charge in [0.1, 0.15) is 11.9 Å². The Morgan fingerprint density at radius 2 is 1.90 bits per heavy atom. The van der Waals surface area contributed by atoms with Crippen LogP contribution in [0.1, 0.15) is 65.2 Å². The van der Waals surface area contributed by atoms with Crippen LogP contribution in [-0.4, -0.2) is 41.1 Å². The number of ketones is 2. The molecule has 6 heteroatoms. The van der Waals surface area contributed by atoms with Gasteiger partial charge in [-0.15, -0.1) is 0 Å². The first-order valence-electron chi connectivity index (χ1n) is 10.8. The molecule has 0 radical (unpaired) electrons. The Balaban J connectivity index is 1.63. The highest BCUT2D eigenvalue weighted by molar-refractivity contribution is 5.93. The number of ether oxygens (including phenoxy) is 1. The predicted octanol–water partition coefficient (Wildman–Crippen LogP) is 2.56. The first kappa shape index (κ1) is 20.5. The van der Waals surface area contributed by atoms with E-state index in [-0.39, 0.29) is 23.5 Å². The minimum Gasteiger partial charge on any atom is -0.458 e. The van der Waals surface area contributed by atoms with E-state index in [1.54, 1.807) is 6.08 Å². The highest BCUT2D eigenvalue weighted by Crippen LogP contribution is 2.67. The molecule has 0 bridgehead atoms. The number of aldehydes is 1. The van der Waals surface area contributed by atoms with E-state index in [2.05, 4.69) is 0 Å². The number of hydrogen-bond acceptors (Lipinski definition) is 6. The SMILES string of the molecule is CC(=O)OCC(=O)[C@@]1(O)CC[C@H]2[C@@H]3CCC4=CC(=O)CC[C@@]4(C=O)[C@H]3CC[C@@]21C. The van der Waals surface area contributed by atoms with E-state index in [0.717, 1.165) is 37.5 Å². The second-order valence-corrected chi connectivity index (χ2v) is 9.77. The molecule has 6 nitrogen and oxygen atoms in total. The summed E-state index contributed by atoms with van der Waals surface area (Å²) in [4.78, 5) is 48.2. The molecule has 1 N–H and O–H groups in total. The largest absolute Gasteiger partial charge is 0.458 e. The minimum absolute atomic E-state index is 0.114. The van der Waals surface area contributed by atoms with Gasteiger partial charge in [-0.05, 0) is 68.8 Å². The van der Waals surface area contributed by atoms with Crippen molar-refractivity contribution in [2.24, 2.45) is 28.6 Å². The first-order chi connectivity index (χ1) is 13.7. The summed E-state index contributed by atoms with van der Waals surface area (Å²) in [6.07, 6.45) is 7.90. The third kappa shape index (κ3) is 2.78. The molecule has 0 heterocycles. The van der Waals surface area contributed by atoms with Gasteiger partial charge >= 0.3 is 5.97 Å². The molecule has 0 aromatic heterocycles. The summed E-state index contributed by atoms with van der Waals surface area (Å²) in [7, 11) is 0. The predicted molar refractivity (Wildman–Crippen MR) is 104 cm³/mol. The van der Waals surface area contributed by atoms with E-state index in [1.165, 1.54) is 6.92 Å². The van der Waals surface area contributed by atoms with Gasteiger partial charge in [-0.25, -0.2) is 0 Å². The fourth-order valence-electron chi connectivity index (χ4n) is 7.25. The Morgan fingerprint density at radius 1 is 1.17 bits per heavy atom. The van der Waals surface area contributed by atoms with Gasteiger partial charge in [0.05, 0.1) is 5.41 Å². The van der Waals surface area contributed by atoms with Crippen molar-refractivity contribution in [2.45, 2.75) is 70.8 Å². The Morgan fingerprint density at radius 3 is 2.59 bits per heavy atom. The molecule has 158 valence electrons. The number of fused-ring (bicyclic) bond motifs is 5. The molecule has 29 heavy (non-hydrogen) atoms. The summed E-state index contributed by atoms with van der Waals surface area (Å²) >= 11 is 0. The summed E-state index contributed by atoms with van der Waals surface area (Å²) < 4.78 is 4.89. The fraction of sp³-hybridized carbons (Fsp3) is 0.739. The van der Waals surface area contributed by atoms with E-state index in [1.807, 2.05) is 6.92 Å². The quantitative estimate of drug-likeness (QED) is 0.573. The molecule has 0 amide bonds. The van der Waals surface area contributed by atoms with Crippen LogP contribution in [0.2, 0.25) is 0 Å². The molecular formula is C23H30O6. The number of Topliss-reactive ketones (excluding diaryl/α,β-unsaturated/α-hetero) is 1. The maximum atomic E-state index is 12.8. The molecule has 6 atom stereocenters. The third-order valence-corrected chi connectivity index (χ3v) is 8.79. The van der Waals surface area contributed by atoms with E-state index < -0.39 is 34.8 Å². The lowest BCUT2D eigenvalue weighted by molar-refractivity contribution is -0.170. The zero-order chi connectivity index (χ0) is 21.0. The van der Waals surface area contributed by atoms with Crippen LogP contribution in [0.25, 0.3) is 0 Å². The van der Waals surface area contributed by atoms with Crippen LogP contribution in [-0.2, 0) is 23.9 Å².